The summed E-state index contributed by atoms with van der Waals surface area (Å²) in [5.74, 6) is -0.0408. The summed E-state index contributed by atoms with van der Waals surface area (Å²) in [6.45, 7) is 2.17. The number of hydrogen-bond acceptors (Lipinski definition) is 6. The van der Waals surface area contributed by atoms with Crippen LogP contribution in [0.15, 0.2) is 42.7 Å². The van der Waals surface area contributed by atoms with Crippen LogP contribution in [0, 0.1) is 0 Å². The molecule has 1 saturated heterocycles. The van der Waals surface area contributed by atoms with Crippen LogP contribution in [0.5, 0.6) is 23.0 Å². The fourth-order valence-corrected chi connectivity index (χ4v) is 5.28. The van der Waals surface area contributed by atoms with E-state index in [9.17, 15) is 20.4 Å². The summed E-state index contributed by atoms with van der Waals surface area (Å²) in [6, 6.07) is 9.21. The second kappa shape index (κ2) is 12.4. The van der Waals surface area contributed by atoms with Crippen molar-refractivity contribution < 1.29 is 29.9 Å². The topological polar surface area (TPSA) is 113 Å². The van der Waals surface area contributed by atoms with Gasteiger partial charge in [-0.15, -0.1) is 0 Å². The van der Waals surface area contributed by atoms with Gasteiger partial charge in [0.05, 0.1) is 25.4 Å². The molecule has 0 radical (unpaired) electrons. The summed E-state index contributed by atoms with van der Waals surface area (Å²) in [5.41, 5.74) is 4.46. The number of benzene rings is 2. The molecule has 4 N–H and O–H groups in total. The van der Waals surface area contributed by atoms with E-state index in [1.165, 1.54) is 13.2 Å². The van der Waals surface area contributed by atoms with Crippen LogP contribution in [0.2, 0.25) is 0 Å². The predicted octanol–water partition coefficient (Wildman–Crippen LogP) is 5.31. The molecule has 0 aliphatic carbocycles. The van der Waals surface area contributed by atoms with Crippen molar-refractivity contribution in [2.75, 3.05) is 7.11 Å². The SMILES string of the molecule is CCCCCc1cc(CCC2CC(O)CC(c3cc(O)c(O)c(OC)c3Cc3cc[n-]c3)O2)ccc1O. The van der Waals surface area contributed by atoms with E-state index in [0.29, 0.717) is 36.1 Å². The number of rotatable bonds is 11. The zero-order valence-electron chi connectivity index (χ0n) is 21.7. The van der Waals surface area contributed by atoms with Gasteiger partial charge in [0.2, 0.25) is 5.75 Å². The second-order valence-corrected chi connectivity index (χ2v) is 10.0. The fraction of sp³-hybridized carbons (Fsp3) is 0.467. The first-order valence-corrected chi connectivity index (χ1v) is 13.2. The van der Waals surface area contributed by atoms with Gasteiger partial charge < -0.3 is 34.9 Å². The van der Waals surface area contributed by atoms with Gasteiger partial charge in [-0.1, -0.05) is 43.5 Å². The maximum atomic E-state index is 10.7. The van der Waals surface area contributed by atoms with Crippen molar-refractivity contribution in [3.63, 3.8) is 0 Å². The summed E-state index contributed by atoms with van der Waals surface area (Å²) >= 11 is 0. The highest BCUT2D eigenvalue weighted by Gasteiger charge is 2.33. The molecular weight excluding hydrogens is 470 g/mol. The summed E-state index contributed by atoms with van der Waals surface area (Å²) in [6.07, 6.45) is 9.30. The Hall–Kier alpha value is -3.16. The molecule has 2 aromatic carbocycles. The van der Waals surface area contributed by atoms with E-state index in [1.54, 1.807) is 18.5 Å². The average molecular weight is 509 g/mol. The first-order valence-electron chi connectivity index (χ1n) is 13.2. The highest BCUT2D eigenvalue weighted by molar-refractivity contribution is 5.59. The first-order chi connectivity index (χ1) is 17.9. The number of aryl methyl sites for hydroxylation is 2. The molecule has 4 rings (SSSR count). The number of methoxy groups -OCH3 is 1. The van der Waals surface area contributed by atoms with Crippen molar-refractivity contribution in [2.45, 2.75) is 83.0 Å². The van der Waals surface area contributed by atoms with Crippen LogP contribution in [0.1, 0.15) is 79.4 Å². The van der Waals surface area contributed by atoms with Crippen molar-refractivity contribution in [1.29, 1.82) is 0 Å². The molecule has 1 aromatic heterocycles. The van der Waals surface area contributed by atoms with Gasteiger partial charge in [-0.3, -0.25) is 0 Å². The van der Waals surface area contributed by atoms with Crippen molar-refractivity contribution in [3.8, 4) is 23.0 Å². The third-order valence-electron chi connectivity index (χ3n) is 7.25. The highest BCUT2D eigenvalue weighted by Crippen LogP contribution is 2.46. The Morgan fingerprint density at radius 2 is 1.84 bits per heavy atom. The number of nitrogens with zero attached hydrogens (tertiary/aromatic N) is 1. The minimum Gasteiger partial charge on any atom is -0.670 e. The normalized spacial score (nSPS) is 19.7. The Balaban J connectivity index is 1.52. The first kappa shape index (κ1) is 26.9. The number of aromatic hydroxyl groups is 3. The molecule has 37 heavy (non-hydrogen) atoms. The summed E-state index contributed by atoms with van der Waals surface area (Å²) in [5, 5.41) is 41.9. The predicted molar refractivity (Wildman–Crippen MR) is 141 cm³/mol. The van der Waals surface area contributed by atoms with Crippen LogP contribution in [-0.2, 0) is 24.0 Å². The van der Waals surface area contributed by atoms with Gasteiger partial charge in [-0.05, 0) is 67.3 Å². The maximum Gasteiger partial charge on any atom is 0.200 e. The number of unbranched alkanes of at least 4 members (excludes halogenated alkanes) is 2. The molecule has 3 unspecified atom stereocenters. The van der Waals surface area contributed by atoms with Crippen LogP contribution in [0.3, 0.4) is 0 Å². The Morgan fingerprint density at radius 1 is 1.00 bits per heavy atom. The lowest BCUT2D eigenvalue weighted by Gasteiger charge is -2.35. The lowest BCUT2D eigenvalue weighted by molar-refractivity contribution is -0.100. The van der Waals surface area contributed by atoms with Crippen LogP contribution in [0.4, 0.5) is 0 Å². The molecular formula is C30H38NO6-. The molecule has 0 saturated carbocycles. The van der Waals surface area contributed by atoms with E-state index in [2.05, 4.69) is 18.0 Å². The molecule has 200 valence electrons. The summed E-state index contributed by atoms with van der Waals surface area (Å²) in [7, 11) is 1.46. The summed E-state index contributed by atoms with van der Waals surface area (Å²) < 4.78 is 12.0. The quantitative estimate of drug-likeness (QED) is 0.205. The molecule has 1 fully saturated rings. The van der Waals surface area contributed by atoms with Crippen molar-refractivity contribution in [3.05, 3.63) is 70.5 Å². The van der Waals surface area contributed by atoms with Crippen LogP contribution < -0.4 is 9.72 Å². The molecule has 0 amide bonds. The Bertz CT molecular complexity index is 1160. The molecule has 3 aromatic rings. The van der Waals surface area contributed by atoms with Crippen LogP contribution in [-0.4, -0.2) is 39.7 Å². The van der Waals surface area contributed by atoms with Crippen LogP contribution >= 0.6 is 0 Å². The number of phenolic OH excluding ortho intramolecular Hbond substituents is 3. The Labute approximate surface area is 218 Å². The number of aliphatic hydroxyl groups excluding tert-OH is 1. The van der Waals surface area contributed by atoms with Gasteiger partial charge in [-0.2, -0.15) is 12.4 Å². The number of hydrogen-bond donors (Lipinski definition) is 4. The highest BCUT2D eigenvalue weighted by atomic mass is 16.5. The summed E-state index contributed by atoms with van der Waals surface area (Å²) in [4.78, 5) is 4.13. The number of aliphatic hydroxyl groups is 1. The van der Waals surface area contributed by atoms with Gasteiger partial charge in [-0.25, -0.2) is 0 Å². The van der Waals surface area contributed by atoms with Crippen molar-refractivity contribution in [2.24, 2.45) is 0 Å². The molecule has 7 heteroatoms. The van der Waals surface area contributed by atoms with E-state index >= 15 is 0 Å². The Morgan fingerprint density at radius 3 is 2.57 bits per heavy atom. The van der Waals surface area contributed by atoms with Crippen molar-refractivity contribution >= 4 is 0 Å². The molecule has 3 atom stereocenters. The zero-order valence-corrected chi connectivity index (χ0v) is 21.7. The van der Waals surface area contributed by atoms with E-state index in [0.717, 1.165) is 55.2 Å². The molecule has 0 bridgehead atoms. The van der Waals surface area contributed by atoms with E-state index < -0.39 is 12.2 Å². The largest absolute Gasteiger partial charge is 0.670 e. The molecule has 0 spiro atoms. The van der Waals surface area contributed by atoms with E-state index in [4.69, 9.17) is 9.47 Å². The van der Waals surface area contributed by atoms with Crippen LogP contribution in [0.25, 0.3) is 0 Å². The molecule has 7 nitrogen and oxygen atoms in total. The average Bonchev–Trinajstić information content (AvgIpc) is 3.39. The third kappa shape index (κ3) is 6.59. The second-order valence-electron chi connectivity index (χ2n) is 10.0. The number of aromatic nitrogens is 1. The lowest BCUT2D eigenvalue weighted by atomic mass is 9.89. The van der Waals surface area contributed by atoms with E-state index in [1.807, 2.05) is 12.1 Å². The third-order valence-corrected chi connectivity index (χ3v) is 7.25. The molecule has 2 heterocycles. The zero-order chi connectivity index (χ0) is 26.4. The van der Waals surface area contributed by atoms with E-state index in [-0.39, 0.29) is 23.4 Å². The monoisotopic (exact) mass is 508 g/mol. The minimum absolute atomic E-state index is 0.179. The maximum absolute atomic E-state index is 10.7. The molecule has 1 aliphatic rings. The minimum atomic E-state index is -0.552. The fourth-order valence-electron chi connectivity index (χ4n) is 5.28. The van der Waals surface area contributed by atoms with Gasteiger partial charge in [0.1, 0.15) is 5.75 Å². The Kier molecular flexibility index (Phi) is 9.00. The smallest absolute Gasteiger partial charge is 0.200 e. The van der Waals surface area contributed by atoms with Crippen molar-refractivity contribution in [1.82, 2.24) is 4.98 Å². The number of ether oxygens (including phenoxy) is 2. The van der Waals surface area contributed by atoms with Gasteiger partial charge in [0.25, 0.3) is 0 Å². The van der Waals surface area contributed by atoms with Gasteiger partial charge in [0.15, 0.2) is 11.5 Å². The number of phenols is 3. The molecule has 1 aliphatic heterocycles. The van der Waals surface area contributed by atoms with Gasteiger partial charge >= 0.3 is 0 Å². The standard InChI is InChI=1S/C30H38NO6/c1-3-4-5-6-21-13-19(8-10-26(21)33)7-9-23-15-22(32)16-28(37-23)24-17-27(34)29(35)30(36-2)25(24)14-20-11-12-31-18-20/h8,10-13,17-18,22-23,28,32-35H,3-7,9,14-16H2,1-2H3/q-1. The van der Waals surface area contributed by atoms with Gasteiger partial charge in [0, 0.05) is 12.0 Å². The lowest BCUT2D eigenvalue weighted by Crippen LogP contribution is -2.32.